The summed E-state index contributed by atoms with van der Waals surface area (Å²) in [7, 11) is 3.13. The van der Waals surface area contributed by atoms with Crippen LogP contribution in [0, 0.1) is 18.3 Å². The summed E-state index contributed by atoms with van der Waals surface area (Å²) >= 11 is 0. The van der Waals surface area contributed by atoms with Gasteiger partial charge >= 0.3 is 0 Å². The van der Waals surface area contributed by atoms with Crippen molar-refractivity contribution in [2.45, 2.75) is 52.0 Å². The first-order valence-corrected chi connectivity index (χ1v) is 12.6. The lowest BCUT2D eigenvalue weighted by Crippen LogP contribution is -2.40. The van der Waals surface area contributed by atoms with Crippen molar-refractivity contribution in [2.75, 3.05) is 26.1 Å². The molecule has 0 saturated heterocycles. The quantitative estimate of drug-likeness (QED) is 0.430. The van der Waals surface area contributed by atoms with Crippen molar-refractivity contribution < 1.29 is 19.1 Å². The van der Waals surface area contributed by atoms with Gasteiger partial charge in [-0.15, -0.1) is 0 Å². The Morgan fingerprint density at radius 3 is 2.56 bits per heavy atom. The second-order valence-corrected chi connectivity index (χ2v) is 10.7. The molecule has 0 bridgehead atoms. The normalized spacial score (nSPS) is 20.1. The number of carbonyl (C=O) groups is 2. The first-order valence-electron chi connectivity index (χ1n) is 12.6. The number of aromatic amines is 1. The van der Waals surface area contributed by atoms with E-state index in [0.29, 0.717) is 29.5 Å². The highest BCUT2D eigenvalue weighted by molar-refractivity contribution is 5.96. The number of amides is 2. The minimum atomic E-state index is -0.224. The average Bonchev–Trinajstić information content (AvgIpc) is 3.75. The van der Waals surface area contributed by atoms with Crippen LogP contribution in [0.5, 0.6) is 11.5 Å². The summed E-state index contributed by atoms with van der Waals surface area (Å²) in [5, 5.41) is 4.15. The van der Waals surface area contributed by atoms with Crippen molar-refractivity contribution in [1.29, 1.82) is 0 Å². The smallest absolute Gasteiger partial charge is 0.244 e. The number of carbonyl (C=O) groups excluding carboxylic acids is 2. The third-order valence-electron chi connectivity index (χ3n) is 8.00. The van der Waals surface area contributed by atoms with Gasteiger partial charge in [-0.3, -0.25) is 9.59 Å². The van der Waals surface area contributed by atoms with E-state index in [2.05, 4.69) is 49.3 Å². The van der Waals surface area contributed by atoms with Gasteiger partial charge in [0, 0.05) is 35.1 Å². The lowest BCUT2D eigenvalue weighted by atomic mass is 10.0. The van der Waals surface area contributed by atoms with Gasteiger partial charge in [0.15, 0.2) is 0 Å². The minimum Gasteiger partial charge on any atom is -0.497 e. The van der Waals surface area contributed by atoms with Crippen molar-refractivity contribution in [3.63, 3.8) is 0 Å². The van der Waals surface area contributed by atoms with E-state index in [1.54, 1.807) is 37.3 Å². The second kappa shape index (κ2) is 9.19. The van der Waals surface area contributed by atoms with Crippen LogP contribution < -0.4 is 14.8 Å². The molecule has 36 heavy (non-hydrogen) atoms. The summed E-state index contributed by atoms with van der Waals surface area (Å²) in [6.07, 6.45) is 2.35. The van der Waals surface area contributed by atoms with Gasteiger partial charge in [0.05, 0.1) is 19.9 Å². The van der Waals surface area contributed by atoms with Gasteiger partial charge < -0.3 is 24.7 Å². The maximum atomic E-state index is 13.5. The number of aromatic nitrogens is 1. The largest absolute Gasteiger partial charge is 0.497 e. The molecule has 2 saturated carbocycles. The number of nitrogens with one attached hydrogen (secondary N) is 2. The lowest BCUT2D eigenvalue weighted by Gasteiger charge is -2.22. The molecule has 2 aliphatic rings. The Bertz CT molecular complexity index is 1310. The molecule has 5 rings (SSSR count). The van der Waals surface area contributed by atoms with E-state index in [1.807, 2.05) is 6.07 Å². The van der Waals surface area contributed by atoms with Crippen molar-refractivity contribution >= 4 is 28.4 Å². The first-order chi connectivity index (χ1) is 17.2. The second-order valence-electron chi connectivity index (χ2n) is 10.7. The first kappa shape index (κ1) is 24.2. The maximum Gasteiger partial charge on any atom is 0.244 e. The van der Waals surface area contributed by atoms with E-state index < -0.39 is 0 Å². The molecule has 0 unspecified atom stereocenters. The fourth-order valence-corrected chi connectivity index (χ4v) is 5.76. The van der Waals surface area contributed by atoms with Gasteiger partial charge in [-0.25, -0.2) is 0 Å². The third-order valence-corrected chi connectivity index (χ3v) is 8.00. The summed E-state index contributed by atoms with van der Waals surface area (Å²) in [6, 6.07) is 13.8. The number of methoxy groups -OCH3 is 2. The predicted octanol–water partition coefficient (Wildman–Crippen LogP) is 5.25. The van der Waals surface area contributed by atoms with Crippen molar-refractivity contribution in [1.82, 2.24) is 9.88 Å². The molecular formula is C29H35N3O4. The van der Waals surface area contributed by atoms with Gasteiger partial charge in [0.25, 0.3) is 0 Å². The van der Waals surface area contributed by atoms with Crippen LogP contribution in [-0.2, 0) is 9.59 Å². The Morgan fingerprint density at radius 2 is 1.86 bits per heavy atom. The highest BCUT2D eigenvalue weighted by Gasteiger charge is 2.60. The third kappa shape index (κ3) is 4.43. The number of rotatable bonds is 9. The number of fused-ring (bicyclic) bond motifs is 1. The molecule has 0 radical (unpaired) electrons. The van der Waals surface area contributed by atoms with Gasteiger partial charge in [0.2, 0.25) is 11.8 Å². The van der Waals surface area contributed by atoms with E-state index in [9.17, 15) is 9.59 Å². The van der Waals surface area contributed by atoms with E-state index in [4.69, 9.17) is 9.47 Å². The molecule has 7 heteroatoms. The number of H-pyrrole nitrogens is 1. The summed E-state index contributed by atoms with van der Waals surface area (Å²) < 4.78 is 10.6. The SMILES string of the molecule is COc1ccc(NC(=O)CN(C(=O)C[C@H]2[C@@H](c3c(C)[nH]c4ccccc34)C2(C)C)C2CC2)c(OC)c1. The number of nitrogens with zero attached hydrogens (tertiary/aromatic N) is 1. The van der Waals surface area contributed by atoms with Crippen LogP contribution in [-0.4, -0.2) is 48.5 Å². The summed E-state index contributed by atoms with van der Waals surface area (Å²) in [5.41, 5.74) is 4.23. The molecule has 2 amide bonds. The Balaban J connectivity index is 1.28. The Kier molecular flexibility index (Phi) is 6.18. The van der Waals surface area contributed by atoms with Crippen LogP contribution in [0.4, 0.5) is 5.69 Å². The summed E-state index contributed by atoms with van der Waals surface area (Å²) in [4.78, 5) is 31.8. The number of benzene rings is 2. The number of anilines is 1. The molecule has 2 fully saturated rings. The zero-order valence-electron chi connectivity index (χ0n) is 21.7. The standard InChI is InChI=1S/C29H35N3O4/c1-17-27(20-8-6-7-9-22(20)30-17)28-21(29(28,2)3)15-26(34)32(18-10-11-18)16-25(33)31-23-13-12-19(35-4)14-24(23)36-5/h6-9,12-14,18,21,28,30H,10-11,15-16H2,1-5H3,(H,31,33)/t21-,28-/m0/s1. The van der Waals surface area contributed by atoms with Crippen molar-refractivity contribution in [3.8, 4) is 11.5 Å². The zero-order chi connectivity index (χ0) is 25.6. The molecule has 2 aromatic carbocycles. The van der Waals surface area contributed by atoms with Crippen molar-refractivity contribution in [3.05, 3.63) is 53.7 Å². The molecule has 2 atom stereocenters. The highest BCUT2D eigenvalue weighted by Crippen LogP contribution is 2.67. The Labute approximate surface area is 212 Å². The predicted molar refractivity (Wildman–Crippen MR) is 141 cm³/mol. The molecule has 1 heterocycles. The van der Waals surface area contributed by atoms with Crippen LogP contribution in [0.2, 0.25) is 0 Å². The summed E-state index contributed by atoms with van der Waals surface area (Å²) in [5.74, 6) is 1.56. The maximum absolute atomic E-state index is 13.5. The summed E-state index contributed by atoms with van der Waals surface area (Å²) in [6.45, 7) is 6.67. The monoisotopic (exact) mass is 489 g/mol. The molecule has 3 aromatic rings. The average molecular weight is 490 g/mol. The number of para-hydroxylation sites is 1. The van der Waals surface area contributed by atoms with Crippen LogP contribution in [0.25, 0.3) is 10.9 Å². The van der Waals surface area contributed by atoms with Gasteiger partial charge in [-0.1, -0.05) is 32.0 Å². The molecular weight excluding hydrogens is 454 g/mol. The molecule has 0 spiro atoms. The van der Waals surface area contributed by atoms with Crippen LogP contribution in [0.3, 0.4) is 0 Å². The molecule has 0 aliphatic heterocycles. The molecule has 7 nitrogen and oxygen atoms in total. The van der Waals surface area contributed by atoms with Gasteiger partial charge in [-0.2, -0.15) is 0 Å². The van der Waals surface area contributed by atoms with Crippen LogP contribution >= 0.6 is 0 Å². The van der Waals surface area contributed by atoms with E-state index in [0.717, 1.165) is 18.4 Å². The number of ether oxygens (including phenoxy) is 2. The van der Waals surface area contributed by atoms with E-state index >= 15 is 0 Å². The van der Waals surface area contributed by atoms with Gasteiger partial charge in [-0.05, 0) is 60.8 Å². The minimum absolute atomic E-state index is 0.0271. The molecule has 2 aliphatic carbocycles. The number of aryl methyl sites for hydroxylation is 1. The zero-order valence-corrected chi connectivity index (χ0v) is 21.7. The topological polar surface area (TPSA) is 83.7 Å². The van der Waals surface area contributed by atoms with E-state index in [1.165, 1.54) is 16.6 Å². The molecule has 1 aromatic heterocycles. The Hall–Kier alpha value is -3.48. The van der Waals surface area contributed by atoms with E-state index in [-0.39, 0.29) is 35.7 Å². The Morgan fingerprint density at radius 1 is 1.11 bits per heavy atom. The lowest BCUT2D eigenvalue weighted by molar-refractivity contribution is -0.135. The fraction of sp³-hybridized carbons (Fsp3) is 0.448. The van der Waals surface area contributed by atoms with Gasteiger partial charge in [0.1, 0.15) is 18.0 Å². The van der Waals surface area contributed by atoms with Crippen LogP contribution in [0.1, 0.15) is 50.3 Å². The fourth-order valence-electron chi connectivity index (χ4n) is 5.76. The number of hydrogen-bond donors (Lipinski definition) is 2. The number of hydrogen-bond acceptors (Lipinski definition) is 4. The molecule has 2 N–H and O–H groups in total. The highest BCUT2D eigenvalue weighted by atomic mass is 16.5. The molecule has 190 valence electrons. The van der Waals surface area contributed by atoms with Crippen LogP contribution in [0.15, 0.2) is 42.5 Å². The van der Waals surface area contributed by atoms with Crippen molar-refractivity contribution in [2.24, 2.45) is 11.3 Å².